The Bertz CT molecular complexity index is 411. The number of rotatable bonds is 6. The fraction of sp³-hybridized carbons (Fsp3) is 0.500. The molecule has 19 heavy (non-hydrogen) atoms. The molecule has 1 aromatic rings. The number of ether oxygens (including phenoxy) is 1. The summed E-state index contributed by atoms with van der Waals surface area (Å²) in [7, 11) is 0. The molecule has 2 N–H and O–H groups in total. The summed E-state index contributed by atoms with van der Waals surface area (Å²) in [5, 5.41) is 0.382. The van der Waals surface area contributed by atoms with Crippen molar-refractivity contribution in [3.8, 4) is 0 Å². The smallest absolute Gasteiger partial charge is 0.372 e. The largest absolute Gasteiger partial charge is 0.411 e. The van der Waals surface area contributed by atoms with Gasteiger partial charge in [0.1, 0.15) is 12.4 Å². The molecule has 0 aromatic heterocycles. The maximum atomic E-state index is 13.0. The van der Waals surface area contributed by atoms with Gasteiger partial charge in [-0.05, 0) is 36.6 Å². The van der Waals surface area contributed by atoms with E-state index in [9.17, 15) is 17.6 Å². The molecule has 1 rings (SSSR count). The molecule has 0 spiro atoms. The Labute approximate surface area is 113 Å². The SMILES string of the molecule is NC(CCOCC(F)(F)F)Cc1cc(F)ccc1Cl. The zero-order chi connectivity index (χ0) is 14.5. The number of hydrogen-bond donors (Lipinski definition) is 1. The molecule has 2 nitrogen and oxygen atoms in total. The molecule has 0 radical (unpaired) electrons. The van der Waals surface area contributed by atoms with E-state index in [0.29, 0.717) is 10.6 Å². The predicted molar refractivity (Wildman–Crippen MR) is 64.6 cm³/mol. The van der Waals surface area contributed by atoms with Gasteiger partial charge >= 0.3 is 6.18 Å². The summed E-state index contributed by atoms with van der Waals surface area (Å²) in [6, 6.07) is 3.47. The van der Waals surface area contributed by atoms with Gasteiger partial charge in [-0.1, -0.05) is 11.6 Å². The van der Waals surface area contributed by atoms with Crippen molar-refractivity contribution in [2.45, 2.75) is 25.1 Å². The Balaban J connectivity index is 2.35. The standard InChI is InChI=1S/C12H14ClF4NO/c13-11-2-1-9(14)5-8(11)6-10(18)3-4-19-7-12(15,16)17/h1-2,5,10H,3-4,6-7,18H2. The van der Waals surface area contributed by atoms with Crippen LogP contribution in [-0.2, 0) is 11.2 Å². The quantitative estimate of drug-likeness (QED) is 0.646. The van der Waals surface area contributed by atoms with Crippen molar-refractivity contribution < 1.29 is 22.3 Å². The number of benzene rings is 1. The van der Waals surface area contributed by atoms with Gasteiger partial charge in [0.15, 0.2) is 0 Å². The molecule has 1 aromatic carbocycles. The zero-order valence-corrected chi connectivity index (χ0v) is 10.8. The lowest BCUT2D eigenvalue weighted by molar-refractivity contribution is -0.174. The molecule has 7 heteroatoms. The Morgan fingerprint density at radius 3 is 2.63 bits per heavy atom. The normalized spacial score (nSPS) is 13.6. The van der Waals surface area contributed by atoms with E-state index in [2.05, 4.69) is 4.74 Å². The Morgan fingerprint density at radius 1 is 1.32 bits per heavy atom. The second-order valence-electron chi connectivity index (χ2n) is 4.16. The van der Waals surface area contributed by atoms with E-state index in [-0.39, 0.29) is 19.4 Å². The number of hydrogen-bond acceptors (Lipinski definition) is 2. The molecule has 108 valence electrons. The third-order valence-corrected chi connectivity index (χ3v) is 2.76. The van der Waals surface area contributed by atoms with Crippen LogP contribution in [-0.4, -0.2) is 25.4 Å². The van der Waals surface area contributed by atoms with Crippen molar-refractivity contribution in [2.24, 2.45) is 5.73 Å². The topological polar surface area (TPSA) is 35.2 Å². The van der Waals surface area contributed by atoms with Crippen LogP contribution < -0.4 is 5.73 Å². The minimum atomic E-state index is -4.34. The summed E-state index contributed by atoms with van der Waals surface area (Å²) < 4.78 is 52.9. The van der Waals surface area contributed by atoms with Crippen LogP contribution in [0.2, 0.25) is 5.02 Å². The first kappa shape index (κ1) is 16.2. The van der Waals surface area contributed by atoms with Crippen LogP contribution in [0.4, 0.5) is 17.6 Å². The maximum absolute atomic E-state index is 13.0. The predicted octanol–water partition coefficient (Wildman–Crippen LogP) is 3.32. The fourth-order valence-electron chi connectivity index (χ4n) is 1.51. The molecule has 0 saturated heterocycles. The van der Waals surface area contributed by atoms with E-state index in [1.807, 2.05) is 0 Å². The van der Waals surface area contributed by atoms with E-state index >= 15 is 0 Å². The number of alkyl halides is 3. The first-order valence-corrected chi connectivity index (χ1v) is 6.00. The van der Waals surface area contributed by atoms with Gasteiger partial charge in [0.2, 0.25) is 0 Å². The van der Waals surface area contributed by atoms with Crippen molar-refractivity contribution in [1.29, 1.82) is 0 Å². The third kappa shape index (κ3) is 6.75. The van der Waals surface area contributed by atoms with Crippen molar-refractivity contribution in [2.75, 3.05) is 13.2 Å². The molecular weight excluding hydrogens is 286 g/mol. The van der Waals surface area contributed by atoms with E-state index in [1.165, 1.54) is 18.2 Å². The van der Waals surface area contributed by atoms with Crippen LogP contribution in [0.3, 0.4) is 0 Å². The summed E-state index contributed by atoms with van der Waals surface area (Å²) in [4.78, 5) is 0. The molecule has 0 bridgehead atoms. The molecular formula is C12H14ClF4NO. The molecule has 0 saturated carbocycles. The molecule has 0 aliphatic rings. The van der Waals surface area contributed by atoms with Crippen LogP contribution in [0.25, 0.3) is 0 Å². The van der Waals surface area contributed by atoms with Gasteiger partial charge in [-0.15, -0.1) is 0 Å². The summed E-state index contributed by atoms with van der Waals surface area (Å²) >= 11 is 5.86. The van der Waals surface area contributed by atoms with Crippen LogP contribution in [0.5, 0.6) is 0 Å². The summed E-state index contributed by atoms with van der Waals surface area (Å²) in [5.41, 5.74) is 6.26. The Hall–Kier alpha value is -0.850. The van der Waals surface area contributed by atoms with Crippen molar-refractivity contribution in [3.63, 3.8) is 0 Å². The van der Waals surface area contributed by atoms with E-state index in [4.69, 9.17) is 17.3 Å². The first-order valence-electron chi connectivity index (χ1n) is 5.62. The minimum absolute atomic E-state index is 0.104. The molecule has 0 amide bonds. The Kier molecular flexibility index (Phi) is 6.03. The highest BCUT2D eigenvalue weighted by atomic mass is 35.5. The van der Waals surface area contributed by atoms with Gasteiger partial charge in [-0.25, -0.2) is 4.39 Å². The molecule has 0 heterocycles. The van der Waals surface area contributed by atoms with Crippen LogP contribution in [0, 0.1) is 5.82 Å². The molecule has 1 atom stereocenters. The molecule has 1 unspecified atom stereocenters. The molecule has 0 aliphatic carbocycles. The first-order chi connectivity index (χ1) is 8.78. The van der Waals surface area contributed by atoms with Crippen LogP contribution >= 0.6 is 11.6 Å². The third-order valence-electron chi connectivity index (χ3n) is 2.39. The fourth-order valence-corrected chi connectivity index (χ4v) is 1.70. The van der Waals surface area contributed by atoms with Crippen LogP contribution in [0.1, 0.15) is 12.0 Å². The lowest BCUT2D eigenvalue weighted by Gasteiger charge is -2.13. The molecule has 0 aliphatic heterocycles. The van der Waals surface area contributed by atoms with Gasteiger partial charge in [0.05, 0.1) is 0 Å². The average Bonchev–Trinajstić information content (AvgIpc) is 2.28. The van der Waals surface area contributed by atoms with Crippen molar-refractivity contribution >= 4 is 11.6 Å². The summed E-state index contributed by atoms with van der Waals surface area (Å²) in [5.74, 6) is -0.431. The van der Waals surface area contributed by atoms with Gasteiger partial charge in [0, 0.05) is 17.7 Å². The monoisotopic (exact) mass is 299 g/mol. The van der Waals surface area contributed by atoms with Crippen molar-refractivity contribution in [3.05, 3.63) is 34.6 Å². The van der Waals surface area contributed by atoms with Gasteiger partial charge < -0.3 is 10.5 Å². The average molecular weight is 300 g/mol. The number of halogens is 5. The second kappa shape index (κ2) is 7.07. The van der Waals surface area contributed by atoms with Gasteiger partial charge in [0.25, 0.3) is 0 Å². The van der Waals surface area contributed by atoms with Gasteiger partial charge in [-0.3, -0.25) is 0 Å². The van der Waals surface area contributed by atoms with Crippen molar-refractivity contribution in [1.82, 2.24) is 0 Å². The highest BCUT2D eigenvalue weighted by molar-refractivity contribution is 6.31. The highest BCUT2D eigenvalue weighted by Gasteiger charge is 2.27. The highest BCUT2D eigenvalue weighted by Crippen LogP contribution is 2.19. The Morgan fingerprint density at radius 2 is 2.00 bits per heavy atom. The number of nitrogens with two attached hydrogens (primary N) is 1. The van der Waals surface area contributed by atoms with Crippen LogP contribution in [0.15, 0.2) is 18.2 Å². The van der Waals surface area contributed by atoms with Gasteiger partial charge in [-0.2, -0.15) is 13.2 Å². The molecule has 0 fully saturated rings. The maximum Gasteiger partial charge on any atom is 0.411 e. The lowest BCUT2D eigenvalue weighted by Crippen LogP contribution is -2.26. The van der Waals surface area contributed by atoms with E-state index in [1.54, 1.807) is 0 Å². The summed E-state index contributed by atoms with van der Waals surface area (Å²) in [6.07, 6.45) is -3.81. The second-order valence-corrected chi connectivity index (χ2v) is 4.56. The lowest BCUT2D eigenvalue weighted by atomic mass is 10.0. The minimum Gasteiger partial charge on any atom is -0.372 e. The zero-order valence-electron chi connectivity index (χ0n) is 10.0. The van der Waals surface area contributed by atoms with E-state index < -0.39 is 24.6 Å². The van der Waals surface area contributed by atoms with E-state index in [0.717, 1.165) is 0 Å². The summed E-state index contributed by atoms with van der Waals surface area (Å²) in [6.45, 7) is -1.39.